The number of esters is 1. The van der Waals surface area contributed by atoms with Crippen molar-refractivity contribution < 1.29 is 28.9 Å². The van der Waals surface area contributed by atoms with E-state index < -0.39 is 18.2 Å². The lowest BCUT2D eigenvalue weighted by atomic mass is 10.0. The minimum Gasteiger partial charge on any atom is -0.491 e. The summed E-state index contributed by atoms with van der Waals surface area (Å²) in [4.78, 5) is 23.8. The van der Waals surface area contributed by atoms with Crippen molar-refractivity contribution in [3.8, 4) is 5.75 Å². The standard InChI is InChI=1S/C22H27NO6S/c1-16-8-10-17(11-9-16)23-22(26)29-20(7-4-13-28-21(25)15-30)18-5-2-3-6-19(18)27-14-12-24/h2-3,5-6,8-11,20,24,30H,4,7,12-15H2,1H3,(H,23,26)/t20-/m0/s1. The van der Waals surface area contributed by atoms with Crippen LogP contribution in [0.15, 0.2) is 48.5 Å². The first kappa shape index (κ1) is 23.6. The number of aliphatic hydroxyl groups excluding tert-OH is 1. The highest BCUT2D eigenvalue weighted by Crippen LogP contribution is 2.31. The van der Waals surface area contributed by atoms with Gasteiger partial charge in [-0.15, -0.1) is 0 Å². The van der Waals surface area contributed by atoms with E-state index in [4.69, 9.17) is 19.3 Å². The molecule has 0 bridgehead atoms. The molecule has 1 amide bonds. The molecule has 30 heavy (non-hydrogen) atoms. The van der Waals surface area contributed by atoms with Gasteiger partial charge in [0, 0.05) is 11.3 Å². The van der Waals surface area contributed by atoms with E-state index >= 15 is 0 Å². The fourth-order valence-corrected chi connectivity index (χ4v) is 2.82. The topological polar surface area (TPSA) is 94.1 Å². The summed E-state index contributed by atoms with van der Waals surface area (Å²) in [6.07, 6.45) is -0.329. The zero-order valence-corrected chi connectivity index (χ0v) is 17.8. The molecule has 0 saturated heterocycles. The van der Waals surface area contributed by atoms with Gasteiger partial charge in [0.05, 0.1) is 19.0 Å². The third-order valence-electron chi connectivity index (χ3n) is 4.16. The Kier molecular flexibility index (Phi) is 10.0. The molecule has 2 aromatic rings. The van der Waals surface area contributed by atoms with Gasteiger partial charge in [-0.1, -0.05) is 35.9 Å². The normalized spacial score (nSPS) is 11.4. The molecule has 0 aliphatic rings. The Labute approximate surface area is 181 Å². The number of ether oxygens (including phenoxy) is 3. The first-order valence-electron chi connectivity index (χ1n) is 9.67. The Morgan fingerprint density at radius 2 is 1.83 bits per heavy atom. The lowest BCUT2D eigenvalue weighted by Crippen LogP contribution is -2.19. The van der Waals surface area contributed by atoms with Gasteiger partial charge in [0.25, 0.3) is 0 Å². The van der Waals surface area contributed by atoms with Gasteiger partial charge in [-0.25, -0.2) is 4.79 Å². The predicted molar refractivity (Wildman–Crippen MR) is 117 cm³/mol. The summed E-state index contributed by atoms with van der Waals surface area (Å²) in [5.74, 6) is 0.128. The summed E-state index contributed by atoms with van der Waals surface area (Å²) in [6.45, 7) is 2.15. The van der Waals surface area contributed by atoms with Gasteiger partial charge in [-0.05, 0) is 38.0 Å². The van der Waals surface area contributed by atoms with E-state index in [9.17, 15) is 9.59 Å². The molecule has 7 nitrogen and oxygen atoms in total. The number of aryl methyl sites for hydroxylation is 1. The number of para-hydroxylation sites is 1. The van der Waals surface area contributed by atoms with Gasteiger partial charge in [-0.3, -0.25) is 10.1 Å². The van der Waals surface area contributed by atoms with Crippen molar-refractivity contribution in [3.63, 3.8) is 0 Å². The van der Waals surface area contributed by atoms with Crippen LogP contribution in [0.4, 0.5) is 10.5 Å². The Morgan fingerprint density at radius 3 is 2.53 bits per heavy atom. The number of aliphatic hydroxyl groups is 1. The summed E-state index contributed by atoms with van der Waals surface area (Å²) in [5.41, 5.74) is 2.37. The fourth-order valence-electron chi connectivity index (χ4n) is 2.73. The number of benzene rings is 2. The van der Waals surface area contributed by atoms with E-state index in [-0.39, 0.29) is 25.6 Å². The third-order valence-corrected chi connectivity index (χ3v) is 4.42. The number of amides is 1. The van der Waals surface area contributed by atoms with Crippen LogP contribution in [0.1, 0.15) is 30.1 Å². The number of carbonyl (C=O) groups excluding carboxylic acids is 2. The molecule has 2 rings (SSSR count). The van der Waals surface area contributed by atoms with Crippen molar-refractivity contribution in [2.24, 2.45) is 0 Å². The van der Waals surface area contributed by atoms with Crippen molar-refractivity contribution in [1.29, 1.82) is 0 Å². The van der Waals surface area contributed by atoms with Gasteiger partial charge < -0.3 is 19.3 Å². The number of thiol groups is 1. The third kappa shape index (κ3) is 7.96. The van der Waals surface area contributed by atoms with Crippen LogP contribution in [0.25, 0.3) is 0 Å². The number of carbonyl (C=O) groups is 2. The van der Waals surface area contributed by atoms with E-state index in [0.29, 0.717) is 29.8 Å². The summed E-state index contributed by atoms with van der Waals surface area (Å²) >= 11 is 3.87. The lowest BCUT2D eigenvalue weighted by molar-refractivity contribution is -0.140. The van der Waals surface area contributed by atoms with Gasteiger partial charge in [-0.2, -0.15) is 12.6 Å². The van der Waals surface area contributed by atoms with Crippen LogP contribution in [-0.2, 0) is 14.3 Å². The molecular weight excluding hydrogens is 406 g/mol. The van der Waals surface area contributed by atoms with E-state index in [1.807, 2.05) is 25.1 Å². The van der Waals surface area contributed by atoms with Crippen LogP contribution >= 0.6 is 12.6 Å². The zero-order valence-electron chi connectivity index (χ0n) is 16.9. The second kappa shape index (κ2) is 12.8. The molecular formula is C22H27NO6S. The minimum atomic E-state index is -0.625. The second-order valence-electron chi connectivity index (χ2n) is 6.52. The smallest absolute Gasteiger partial charge is 0.412 e. The Balaban J connectivity index is 2.09. The van der Waals surface area contributed by atoms with Crippen LogP contribution < -0.4 is 10.1 Å². The average molecular weight is 434 g/mol. The maximum absolute atomic E-state index is 12.5. The maximum atomic E-state index is 12.5. The summed E-state index contributed by atoms with van der Waals surface area (Å²) in [5, 5.41) is 11.8. The molecule has 0 aromatic heterocycles. The Morgan fingerprint density at radius 1 is 1.10 bits per heavy atom. The van der Waals surface area contributed by atoms with Crippen molar-refractivity contribution in [2.75, 3.05) is 30.9 Å². The van der Waals surface area contributed by atoms with Gasteiger partial charge in [0.2, 0.25) is 0 Å². The Hall–Kier alpha value is -2.71. The maximum Gasteiger partial charge on any atom is 0.412 e. The van der Waals surface area contributed by atoms with Crippen molar-refractivity contribution >= 4 is 30.4 Å². The molecule has 2 N–H and O–H groups in total. The molecule has 8 heteroatoms. The molecule has 0 fully saturated rings. The molecule has 0 aliphatic carbocycles. The summed E-state index contributed by atoms with van der Waals surface area (Å²) < 4.78 is 16.3. The number of rotatable bonds is 11. The number of hydrogen-bond acceptors (Lipinski definition) is 7. The van der Waals surface area contributed by atoms with E-state index in [2.05, 4.69) is 17.9 Å². The lowest BCUT2D eigenvalue weighted by Gasteiger charge is -2.21. The molecule has 0 unspecified atom stereocenters. The highest BCUT2D eigenvalue weighted by Gasteiger charge is 2.21. The molecule has 0 radical (unpaired) electrons. The van der Waals surface area contributed by atoms with E-state index in [1.54, 1.807) is 30.3 Å². The quantitative estimate of drug-likeness (QED) is 0.283. The Bertz CT molecular complexity index is 812. The molecule has 0 spiro atoms. The van der Waals surface area contributed by atoms with Crippen LogP contribution in [0.3, 0.4) is 0 Å². The number of hydrogen-bond donors (Lipinski definition) is 3. The first-order valence-corrected chi connectivity index (χ1v) is 10.3. The molecule has 0 heterocycles. The zero-order chi connectivity index (χ0) is 21.8. The van der Waals surface area contributed by atoms with Crippen molar-refractivity contribution in [1.82, 2.24) is 0 Å². The largest absolute Gasteiger partial charge is 0.491 e. The molecule has 2 aromatic carbocycles. The highest BCUT2D eigenvalue weighted by molar-refractivity contribution is 7.81. The van der Waals surface area contributed by atoms with Gasteiger partial charge >= 0.3 is 12.1 Å². The van der Waals surface area contributed by atoms with E-state index in [0.717, 1.165) is 5.56 Å². The molecule has 0 aliphatic heterocycles. The van der Waals surface area contributed by atoms with Crippen molar-refractivity contribution in [2.45, 2.75) is 25.9 Å². The van der Waals surface area contributed by atoms with Crippen molar-refractivity contribution in [3.05, 3.63) is 59.7 Å². The molecule has 0 saturated carbocycles. The average Bonchev–Trinajstić information content (AvgIpc) is 2.76. The first-order chi connectivity index (χ1) is 14.5. The highest BCUT2D eigenvalue weighted by atomic mass is 32.1. The number of anilines is 1. The van der Waals surface area contributed by atoms with Crippen LogP contribution in [0, 0.1) is 6.92 Å². The summed E-state index contributed by atoms with van der Waals surface area (Å²) in [7, 11) is 0. The predicted octanol–water partition coefficient (Wildman–Crippen LogP) is 3.91. The summed E-state index contributed by atoms with van der Waals surface area (Å²) in [6, 6.07) is 14.5. The number of nitrogens with one attached hydrogen (secondary N) is 1. The molecule has 1 atom stereocenters. The van der Waals surface area contributed by atoms with Crippen LogP contribution in [-0.4, -0.2) is 42.7 Å². The van der Waals surface area contributed by atoms with Gasteiger partial charge in [0.1, 0.15) is 18.5 Å². The SMILES string of the molecule is Cc1ccc(NC(=O)O[C@@H](CCCOC(=O)CS)c2ccccc2OCCO)cc1. The second-order valence-corrected chi connectivity index (χ2v) is 6.83. The monoisotopic (exact) mass is 433 g/mol. The molecule has 162 valence electrons. The van der Waals surface area contributed by atoms with Crippen LogP contribution in [0.2, 0.25) is 0 Å². The van der Waals surface area contributed by atoms with E-state index in [1.165, 1.54) is 0 Å². The van der Waals surface area contributed by atoms with Crippen LogP contribution in [0.5, 0.6) is 5.75 Å². The minimum absolute atomic E-state index is 0.0106. The van der Waals surface area contributed by atoms with Gasteiger partial charge in [0.15, 0.2) is 0 Å². The fraction of sp³-hybridized carbons (Fsp3) is 0.364.